The highest BCUT2D eigenvalue weighted by Crippen LogP contribution is 2.29. The van der Waals surface area contributed by atoms with Gasteiger partial charge in [0, 0.05) is 43.9 Å². The number of hydrogen-bond acceptors (Lipinski definition) is 7. The third-order valence-electron chi connectivity index (χ3n) is 7.50. The zero-order chi connectivity index (χ0) is 24.5. The Hall–Kier alpha value is -2.93. The molecule has 1 saturated carbocycles. The molecule has 0 bridgehead atoms. The van der Waals surface area contributed by atoms with Gasteiger partial charge < -0.3 is 20.0 Å². The van der Waals surface area contributed by atoms with Crippen molar-refractivity contribution >= 4 is 22.7 Å². The fourth-order valence-electron chi connectivity index (χ4n) is 5.65. The van der Waals surface area contributed by atoms with Crippen LogP contribution in [0.4, 0.5) is 11.8 Å². The van der Waals surface area contributed by atoms with E-state index in [1.54, 1.807) is 6.26 Å². The lowest BCUT2D eigenvalue weighted by atomic mass is 9.91. The molecule has 3 aromatic rings. The lowest BCUT2D eigenvalue weighted by molar-refractivity contribution is 0.351. The summed E-state index contributed by atoms with van der Waals surface area (Å²) in [6, 6.07) is 4.75. The second kappa shape index (κ2) is 9.97. The number of benzene rings is 1. The first-order valence-electron chi connectivity index (χ1n) is 13.0. The molecule has 5 rings (SSSR count). The minimum Gasteiger partial charge on any atom is -0.463 e. The first-order valence-corrected chi connectivity index (χ1v) is 13.0. The smallest absolute Gasteiger partial charge is 0.225 e. The Morgan fingerprint density at radius 1 is 1.03 bits per heavy atom. The Labute approximate surface area is 207 Å². The number of fused-ring (bicyclic) bond motifs is 2. The highest BCUT2D eigenvalue weighted by molar-refractivity contribution is 5.80. The number of aromatic nitrogens is 2. The zero-order valence-corrected chi connectivity index (χ0v) is 21.4. The van der Waals surface area contributed by atoms with Gasteiger partial charge in [0.15, 0.2) is 5.43 Å². The van der Waals surface area contributed by atoms with Crippen LogP contribution in [0.25, 0.3) is 11.0 Å². The summed E-state index contributed by atoms with van der Waals surface area (Å²) in [7, 11) is 4.13. The molecule has 35 heavy (non-hydrogen) atoms. The van der Waals surface area contributed by atoms with Gasteiger partial charge in [-0.1, -0.05) is 6.07 Å². The molecule has 0 spiro atoms. The van der Waals surface area contributed by atoms with Crippen molar-refractivity contribution in [2.75, 3.05) is 24.3 Å². The molecule has 7 heteroatoms. The van der Waals surface area contributed by atoms with Gasteiger partial charge in [-0.2, -0.15) is 4.98 Å². The van der Waals surface area contributed by atoms with Crippen molar-refractivity contribution < 1.29 is 4.42 Å². The zero-order valence-electron chi connectivity index (χ0n) is 21.4. The van der Waals surface area contributed by atoms with Gasteiger partial charge >= 0.3 is 0 Å². The van der Waals surface area contributed by atoms with E-state index in [9.17, 15) is 4.79 Å². The molecule has 2 heterocycles. The SMILES string of the molecule is Cc1cc(C)c2occ(CNC3CCC(Nc4nc5c(c(N(C)C)n4)CCCC5)CC3)c(=O)c2c1. The van der Waals surface area contributed by atoms with E-state index in [-0.39, 0.29) is 5.43 Å². The molecule has 2 aromatic heterocycles. The lowest BCUT2D eigenvalue weighted by Crippen LogP contribution is -2.37. The predicted octanol–water partition coefficient (Wildman–Crippen LogP) is 4.66. The molecule has 2 aliphatic rings. The minimum absolute atomic E-state index is 0.0714. The van der Waals surface area contributed by atoms with Crippen LogP contribution >= 0.6 is 0 Å². The highest BCUT2D eigenvalue weighted by atomic mass is 16.3. The first-order chi connectivity index (χ1) is 16.9. The maximum atomic E-state index is 13.0. The second-order valence-electron chi connectivity index (χ2n) is 10.5. The molecule has 7 nitrogen and oxygen atoms in total. The van der Waals surface area contributed by atoms with Crippen LogP contribution in [0.5, 0.6) is 0 Å². The summed E-state index contributed by atoms with van der Waals surface area (Å²) in [5.41, 5.74) is 6.08. The fourth-order valence-corrected chi connectivity index (χ4v) is 5.65. The molecule has 1 fully saturated rings. The topological polar surface area (TPSA) is 83.3 Å². The molecule has 0 saturated heterocycles. The maximum Gasteiger partial charge on any atom is 0.225 e. The Balaban J connectivity index is 1.19. The van der Waals surface area contributed by atoms with Crippen LogP contribution in [0.2, 0.25) is 0 Å². The van der Waals surface area contributed by atoms with Crippen LogP contribution in [-0.2, 0) is 19.4 Å². The van der Waals surface area contributed by atoms with Gasteiger partial charge in [-0.05, 0) is 82.4 Å². The quantitative estimate of drug-likeness (QED) is 0.537. The van der Waals surface area contributed by atoms with E-state index in [1.807, 2.05) is 26.0 Å². The predicted molar refractivity (Wildman–Crippen MR) is 141 cm³/mol. The normalized spacial score (nSPS) is 20.0. The van der Waals surface area contributed by atoms with Gasteiger partial charge in [-0.3, -0.25) is 4.79 Å². The molecular formula is C28H37N5O2. The summed E-state index contributed by atoms with van der Waals surface area (Å²) in [6.45, 7) is 4.53. The van der Waals surface area contributed by atoms with E-state index in [2.05, 4.69) is 29.6 Å². The molecule has 2 N–H and O–H groups in total. The number of rotatable bonds is 6. The number of nitrogens with one attached hydrogen (secondary N) is 2. The summed E-state index contributed by atoms with van der Waals surface area (Å²) in [4.78, 5) is 24.9. The van der Waals surface area contributed by atoms with E-state index >= 15 is 0 Å². The van der Waals surface area contributed by atoms with E-state index in [4.69, 9.17) is 14.4 Å². The van der Waals surface area contributed by atoms with Gasteiger partial charge in [0.05, 0.1) is 17.3 Å². The molecule has 0 atom stereocenters. The Morgan fingerprint density at radius 3 is 2.54 bits per heavy atom. The Bertz CT molecular complexity index is 1270. The molecule has 2 aliphatic carbocycles. The Morgan fingerprint density at radius 2 is 1.77 bits per heavy atom. The van der Waals surface area contributed by atoms with Gasteiger partial charge in [-0.15, -0.1) is 0 Å². The van der Waals surface area contributed by atoms with Gasteiger partial charge in [0.2, 0.25) is 5.95 Å². The monoisotopic (exact) mass is 475 g/mol. The van der Waals surface area contributed by atoms with Gasteiger partial charge in [0.25, 0.3) is 0 Å². The highest BCUT2D eigenvalue weighted by Gasteiger charge is 2.24. The molecule has 0 radical (unpaired) electrons. The minimum atomic E-state index is 0.0714. The van der Waals surface area contributed by atoms with Gasteiger partial charge in [-0.25, -0.2) is 4.98 Å². The van der Waals surface area contributed by atoms with Crippen LogP contribution in [0, 0.1) is 13.8 Å². The van der Waals surface area contributed by atoms with Crippen molar-refractivity contribution in [1.29, 1.82) is 0 Å². The van der Waals surface area contributed by atoms with Crippen LogP contribution in [-0.4, -0.2) is 36.1 Å². The second-order valence-corrected chi connectivity index (χ2v) is 10.5. The van der Waals surface area contributed by atoms with Gasteiger partial charge in [0.1, 0.15) is 11.4 Å². The van der Waals surface area contributed by atoms with Crippen LogP contribution < -0.4 is 21.0 Å². The van der Waals surface area contributed by atoms with Crippen molar-refractivity contribution in [1.82, 2.24) is 15.3 Å². The van der Waals surface area contributed by atoms with Crippen LogP contribution in [0.1, 0.15) is 66.5 Å². The largest absolute Gasteiger partial charge is 0.463 e. The number of aryl methyl sites for hydroxylation is 3. The summed E-state index contributed by atoms with van der Waals surface area (Å²) in [5.74, 6) is 1.83. The maximum absolute atomic E-state index is 13.0. The third kappa shape index (κ3) is 5.06. The van der Waals surface area contributed by atoms with Crippen molar-refractivity contribution in [3.8, 4) is 0 Å². The van der Waals surface area contributed by atoms with E-state index in [0.29, 0.717) is 35.2 Å². The van der Waals surface area contributed by atoms with E-state index < -0.39 is 0 Å². The summed E-state index contributed by atoms with van der Waals surface area (Å²) in [6.07, 6.45) is 10.4. The van der Waals surface area contributed by atoms with Crippen molar-refractivity contribution in [3.63, 3.8) is 0 Å². The Kier molecular flexibility index (Phi) is 6.78. The fraction of sp³-hybridized carbons (Fsp3) is 0.536. The molecule has 186 valence electrons. The molecular weight excluding hydrogens is 438 g/mol. The van der Waals surface area contributed by atoms with E-state index in [1.165, 1.54) is 24.1 Å². The average Bonchev–Trinajstić information content (AvgIpc) is 2.84. The summed E-state index contributed by atoms with van der Waals surface area (Å²) >= 11 is 0. The first kappa shape index (κ1) is 23.8. The number of nitrogens with zero attached hydrogens (tertiary/aromatic N) is 3. The lowest BCUT2D eigenvalue weighted by Gasteiger charge is -2.30. The summed E-state index contributed by atoms with van der Waals surface area (Å²) in [5, 5.41) is 7.89. The van der Waals surface area contributed by atoms with Crippen LogP contribution in [0.15, 0.2) is 27.6 Å². The molecule has 0 unspecified atom stereocenters. The summed E-state index contributed by atoms with van der Waals surface area (Å²) < 4.78 is 5.83. The van der Waals surface area contributed by atoms with Crippen molar-refractivity contribution in [3.05, 3.63) is 56.6 Å². The standard InChI is InChI=1S/C28H37N5O2/c1-17-13-18(2)26-23(14-17)25(34)19(16-35-26)15-29-20-9-11-21(12-10-20)30-28-31-24-8-6-5-7-22(24)27(32-28)33(3)4/h13-14,16,20-21,29H,5-12,15H2,1-4H3,(H,30,31,32). The van der Waals surface area contributed by atoms with Crippen molar-refractivity contribution in [2.24, 2.45) is 0 Å². The average molecular weight is 476 g/mol. The third-order valence-corrected chi connectivity index (χ3v) is 7.50. The number of hydrogen-bond donors (Lipinski definition) is 2. The molecule has 0 amide bonds. The van der Waals surface area contributed by atoms with E-state index in [0.717, 1.165) is 61.4 Å². The number of anilines is 2. The molecule has 0 aliphatic heterocycles. The molecule has 1 aromatic carbocycles. The van der Waals surface area contributed by atoms with Crippen LogP contribution in [0.3, 0.4) is 0 Å². The van der Waals surface area contributed by atoms with Crippen molar-refractivity contribution in [2.45, 2.75) is 83.8 Å².